The van der Waals surface area contributed by atoms with Crippen molar-refractivity contribution in [2.24, 2.45) is 0 Å². The Kier molecular flexibility index (Phi) is 3.38. The Balaban J connectivity index is 2.14. The molecule has 0 spiro atoms. The van der Waals surface area contributed by atoms with E-state index in [1.807, 2.05) is 54.2 Å². The average Bonchev–Trinajstić information content (AvgIpc) is 2.29. The molecule has 1 aromatic heterocycles. The van der Waals surface area contributed by atoms with Gasteiger partial charge >= 0.3 is 0 Å². The van der Waals surface area contributed by atoms with E-state index >= 15 is 0 Å². The summed E-state index contributed by atoms with van der Waals surface area (Å²) in [6.07, 6.45) is 4.00. The highest BCUT2D eigenvalue weighted by atomic mass is 19.1. The number of benzene rings is 1. The minimum atomic E-state index is -0.187. The third kappa shape index (κ3) is 3.03. The third-order valence-corrected chi connectivity index (χ3v) is 2.64. The number of aromatic nitrogens is 1. The topological polar surface area (TPSA) is 7.12 Å². The van der Waals surface area contributed by atoms with E-state index in [-0.39, 0.29) is 5.82 Å². The van der Waals surface area contributed by atoms with Crippen LogP contribution in [0.2, 0.25) is 0 Å². The van der Waals surface area contributed by atoms with Crippen LogP contribution < -0.4 is 9.47 Å². The Bertz CT molecular complexity index is 492. The first-order valence-corrected chi connectivity index (χ1v) is 5.56. The van der Waals surface area contributed by atoms with Crippen LogP contribution >= 0.6 is 0 Å². The lowest BCUT2D eigenvalue weighted by Gasteiger charge is -2.10. The van der Waals surface area contributed by atoms with Gasteiger partial charge in [0.15, 0.2) is 18.9 Å². The molecule has 0 saturated heterocycles. The van der Waals surface area contributed by atoms with E-state index < -0.39 is 0 Å². The SMILES string of the molecule is CN(C)c1cc[n+](Cc2cccc(F)c2)cc1. The van der Waals surface area contributed by atoms with E-state index in [4.69, 9.17) is 0 Å². The summed E-state index contributed by atoms with van der Waals surface area (Å²) < 4.78 is 15.1. The predicted molar refractivity (Wildman–Crippen MR) is 66.5 cm³/mol. The molecule has 0 aliphatic rings. The molecule has 2 aromatic rings. The first-order chi connectivity index (χ1) is 8.15. The number of halogens is 1. The molecule has 1 heterocycles. The third-order valence-electron chi connectivity index (χ3n) is 2.64. The van der Waals surface area contributed by atoms with Crippen molar-refractivity contribution in [1.82, 2.24) is 0 Å². The van der Waals surface area contributed by atoms with Crippen LogP contribution in [-0.2, 0) is 6.54 Å². The standard InChI is InChI=1S/C14H16FN2/c1-16(2)14-6-8-17(9-7-14)11-12-4-3-5-13(15)10-12/h3-10H,11H2,1-2H3/q+1. The van der Waals surface area contributed by atoms with Gasteiger partial charge in [-0.2, -0.15) is 0 Å². The van der Waals surface area contributed by atoms with Crippen molar-refractivity contribution in [1.29, 1.82) is 0 Å². The minimum absolute atomic E-state index is 0.187. The van der Waals surface area contributed by atoms with Crippen LogP contribution in [-0.4, -0.2) is 14.1 Å². The van der Waals surface area contributed by atoms with Crippen molar-refractivity contribution in [2.45, 2.75) is 6.54 Å². The Morgan fingerprint density at radius 3 is 2.41 bits per heavy atom. The van der Waals surface area contributed by atoms with Gasteiger partial charge in [0.1, 0.15) is 5.82 Å². The van der Waals surface area contributed by atoms with Crippen molar-refractivity contribution in [2.75, 3.05) is 19.0 Å². The van der Waals surface area contributed by atoms with Crippen LogP contribution in [0.5, 0.6) is 0 Å². The second-order valence-corrected chi connectivity index (χ2v) is 4.25. The van der Waals surface area contributed by atoms with Crippen LogP contribution in [0, 0.1) is 5.82 Å². The van der Waals surface area contributed by atoms with Crippen LogP contribution in [0.4, 0.5) is 10.1 Å². The Morgan fingerprint density at radius 2 is 1.82 bits per heavy atom. The molecule has 0 saturated carbocycles. The summed E-state index contributed by atoms with van der Waals surface area (Å²) >= 11 is 0. The highest BCUT2D eigenvalue weighted by Gasteiger charge is 2.04. The number of pyridine rings is 1. The molecule has 0 N–H and O–H groups in total. The summed E-state index contributed by atoms with van der Waals surface area (Å²) in [7, 11) is 4.01. The van der Waals surface area contributed by atoms with Gasteiger partial charge < -0.3 is 4.90 Å². The van der Waals surface area contributed by atoms with Crippen molar-refractivity contribution in [3.63, 3.8) is 0 Å². The lowest BCUT2D eigenvalue weighted by molar-refractivity contribution is -0.688. The summed E-state index contributed by atoms with van der Waals surface area (Å²) in [4.78, 5) is 2.05. The Morgan fingerprint density at radius 1 is 1.12 bits per heavy atom. The average molecular weight is 231 g/mol. The van der Waals surface area contributed by atoms with Crippen molar-refractivity contribution < 1.29 is 8.96 Å². The van der Waals surface area contributed by atoms with Gasteiger partial charge in [-0.05, 0) is 12.1 Å². The maximum absolute atomic E-state index is 13.0. The number of rotatable bonds is 3. The lowest BCUT2D eigenvalue weighted by atomic mass is 10.2. The maximum atomic E-state index is 13.0. The van der Waals surface area contributed by atoms with Crippen molar-refractivity contribution >= 4 is 5.69 Å². The van der Waals surface area contributed by atoms with Gasteiger partial charge in [0.2, 0.25) is 0 Å². The Labute approximate surface area is 101 Å². The maximum Gasteiger partial charge on any atom is 0.173 e. The quantitative estimate of drug-likeness (QED) is 0.735. The fourth-order valence-electron chi connectivity index (χ4n) is 1.70. The fraction of sp³-hybridized carbons (Fsp3) is 0.214. The molecule has 2 rings (SSSR count). The van der Waals surface area contributed by atoms with E-state index in [0.29, 0.717) is 6.54 Å². The molecule has 1 aromatic carbocycles. The number of hydrogen-bond acceptors (Lipinski definition) is 1. The van der Waals surface area contributed by atoms with Gasteiger partial charge in [0.05, 0.1) is 0 Å². The molecule has 0 fully saturated rings. The monoisotopic (exact) mass is 231 g/mol. The lowest BCUT2D eigenvalue weighted by Crippen LogP contribution is -2.33. The largest absolute Gasteiger partial charge is 0.377 e. The molecular weight excluding hydrogens is 215 g/mol. The minimum Gasteiger partial charge on any atom is -0.377 e. The van der Waals surface area contributed by atoms with E-state index in [2.05, 4.69) is 0 Å². The van der Waals surface area contributed by atoms with Gasteiger partial charge in [0, 0.05) is 37.5 Å². The molecular formula is C14H16FN2+. The predicted octanol–water partition coefficient (Wildman–Crippen LogP) is 2.23. The molecule has 0 atom stereocenters. The molecule has 3 heteroatoms. The second kappa shape index (κ2) is 4.95. The first kappa shape index (κ1) is 11.6. The molecule has 0 amide bonds. The zero-order chi connectivity index (χ0) is 12.3. The molecule has 0 aliphatic heterocycles. The van der Waals surface area contributed by atoms with Gasteiger partial charge in [-0.15, -0.1) is 0 Å². The van der Waals surface area contributed by atoms with E-state index in [1.54, 1.807) is 12.1 Å². The van der Waals surface area contributed by atoms with E-state index in [9.17, 15) is 4.39 Å². The van der Waals surface area contributed by atoms with Crippen LogP contribution in [0.25, 0.3) is 0 Å². The second-order valence-electron chi connectivity index (χ2n) is 4.25. The summed E-state index contributed by atoms with van der Waals surface area (Å²) in [5.74, 6) is -0.187. The van der Waals surface area contributed by atoms with Gasteiger partial charge in [-0.25, -0.2) is 8.96 Å². The van der Waals surface area contributed by atoms with Gasteiger partial charge in [-0.1, -0.05) is 12.1 Å². The summed E-state index contributed by atoms with van der Waals surface area (Å²) in [5, 5.41) is 0. The molecule has 0 unspecified atom stereocenters. The molecule has 2 nitrogen and oxygen atoms in total. The summed E-state index contributed by atoms with van der Waals surface area (Å²) in [6.45, 7) is 0.686. The number of hydrogen-bond donors (Lipinski definition) is 0. The zero-order valence-corrected chi connectivity index (χ0v) is 10.1. The van der Waals surface area contributed by atoms with Crippen LogP contribution in [0.3, 0.4) is 0 Å². The van der Waals surface area contributed by atoms with Crippen LogP contribution in [0.15, 0.2) is 48.8 Å². The highest BCUT2D eigenvalue weighted by molar-refractivity contribution is 5.41. The van der Waals surface area contributed by atoms with Gasteiger partial charge in [-0.3, -0.25) is 0 Å². The summed E-state index contributed by atoms with van der Waals surface area (Å²) in [5.41, 5.74) is 2.12. The van der Waals surface area contributed by atoms with Gasteiger partial charge in [0.25, 0.3) is 0 Å². The fourth-order valence-corrected chi connectivity index (χ4v) is 1.70. The Hall–Kier alpha value is -1.90. The first-order valence-electron chi connectivity index (χ1n) is 5.56. The van der Waals surface area contributed by atoms with Crippen LogP contribution in [0.1, 0.15) is 5.56 Å². The number of nitrogens with zero attached hydrogens (tertiary/aromatic N) is 2. The van der Waals surface area contributed by atoms with E-state index in [1.165, 1.54) is 6.07 Å². The smallest absolute Gasteiger partial charge is 0.173 e. The molecule has 0 aliphatic carbocycles. The molecule has 0 radical (unpaired) electrons. The van der Waals surface area contributed by atoms with E-state index in [0.717, 1.165) is 11.3 Å². The molecule has 88 valence electrons. The van der Waals surface area contributed by atoms with Crippen molar-refractivity contribution in [3.05, 3.63) is 60.2 Å². The molecule has 17 heavy (non-hydrogen) atoms. The molecule has 0 bridgehead atoms. The number of anilines is 1. The highest BCUT2D eigenvalue weighted by Crippen LogP contribution is 2.07. The van der Waals surface area contributed by atoms with Crippen molar-refractivity contribution in [3.8, 4) is 0 Å². The normalized spacial score (nSPS) is 10.3. The summed E-state index contributed by atoms with van der Waals surface area (Å²) in [6, 6.07) is 10.8. The zero-order valence-electron chi connectivity index (χ0n) is 10.1.